The maximum absolute atomic E-state index is 8.83. The topological polar surface area (TPSA) is 39.6 Å². The molecule has 1 heterocycles. The standard InChI is InChI=1S/C14H12N2S/c1-9-5-10(2)7-12(6-9)13-4-3-11(8-15)14(17)16-13/h3-7H,1-2H3,(H,16,17). The number of aromatic nitrogens is 1. The van der Waals surface area contributed by atoms with Gasteiger partial charge < -0.3 is 4.98 Å². The fraction of sp³-hybridized carbons (Fsp3) is 0.143. The van der Waals surface area contributed by atoms with Crippen LogP contribution in [0.3, 0.4) is 0 Å². The Morgan fingerprint density at radius 3 is 2.29 bits per heavy atom. The molecule has 0 aliphatic carbocycles. The minimum atomic E-state index is 0.490. The van der Waals surface area contributed by atoms with Crippen LogP contribution in [0.15, 0.2) is 30.3 Å². The van der Waals surface area contributed by atoms with Crippen LogP contribution in [-0.2, 0) is 0 Å². The second kappa shape index (κ2) is 4.52. The van der Waals surface area contributed by atoms with Crippen LogP contribution in [0.5, 0.6) is 0 Å². The molecule has 0 saturated carbocycles. The Hall–Kier alpha value is -1.92. The number of nitriles is 1. The monoisotopic (exact) mass is 240 g/mol. The fourth-order valence-corrected chi connectivity index (χ4v) is 2.08. The lowest BCUT2D eigenvalue weighted by atomic mass is 10.0. The van der Waals surface area contributed by atoms with Crippen molar-refractivity contribution in [3.63, 3.8) is 0 Å². The molecule has 2 nitrogen and oxygen atoms in total. The number of rotatable bonds is 1. The van der Waals surface area contributed by atoms with E-state index in [1.807, 2.05) is 6.07 Å². The van der Waals surface area contributed by atoms with Crippen molar-refractivity contribution in [1.82, 2.24) is 4.98 Å². The van der Waals surface area contributed by atoms with E-state index in [2.05, 4.69) is 43.1 Å². The van der Waals surface area contributed by atoms with E-state index >= 15 is 0 Å². The molecule has 1 N–H and O–H groups in total. The number of H-pyrrole nitrogens is 1. The quantitative estimate of drug-likeness (QED) is 0.768. The van der Waals surface area contributed by atoms with E-state index in [-0.39, 0.29) is 0 Å². The van der Waals surface area contributed by atoms with Crippen LogP contribution in [0.2, 0.25) is 0 Å². The molecule has 0 aliphatic heterocycles. The molecule has 2 rings (SSSR count). The summed E-state index contributed by atoms with van der Waals surface area (Å²) in [5, 5.41) is 8.83. The van der Waals surface area contributed by atoms with Gasteiger partial charge in [0.25, 0.3) is 0 Å². The third-order valence-corrected chi connectivity index (χ3v) is 2.88. The van der Waals surface area contributed by atoms with Gasteiger partial charge in [-0.3, -0.25) is 0 Å². The molecular formula is C14H12N2S. The first kappa shape index (κ1) is 11.6. The zero-order chi connectivity index (χ0) is 12.4. The lowest BCUT2D eigenvalue weighted by Crippen LogP contribution is -1.89. The molecule has 0 unspecified atom stereocenters. The lowest BCUT2D eigenvalue weighted by molar-refractivity contribution is 1.26. The molecule has 1 aromatic heterocycles. The van der Waals surface area contributed by atoms with Crippen LogP contribution in [0, 0.1) is 29.8 Å². The van der Waals surface area contributed by atoms with Crippen LogP contribution in [0.4, 0.5) is 0 Å². The summed E-state index contributed by atoms with van der Waals surface area (Å²) in [7, 11) is 0. The van der Waals surface area contributed by atoms with Crippen molar-refractivity contribution >= 4 is 12.2 Å². The first-order valence-corrected chi connectivity index (χ1v) is 5.73. The predicted molar refractivity (Wildman–Crippen MR) is 71.3 cm³/mol. The first-order chi connectivity index (χ1) is 8.10. The van der Waals surface area contributed by atoms with Crippen molar-refractivity contribution in [2.75, 3.05) is 0 Å². The molecule has 0 spiro atoms. The zero-order valence-electron chi connectivity index (χ0n) is 9.74. The minimum Gasteiger partial charge on any atom is -0.345 e. The number of hydrogen-bond acceptors (Lipinski definition) is 2. The number of nitrogens with one attached hydrogen (secondary N) is 1. The number of pyridine rings is 1. The highest BCUT2D eigenvalue weighted by molar-refractivity contribution is 7.71. The fourth-order valence-electron chi connectivity index (χ4n) is 1.86. The molecular weight excluding hydrogens is 228 g/mol. The predicted octanol–water partition coefficient (Wildman–Crippen LogP) is 3.90. The Kier molecular flexibility index (Phi) is 3.08. The summed E-state index contributed by atoms with van der Waals surface area (Å²) in [6, 6.07) is 12.0. The van der Waals surface area contributed by atoms with Gasteiger partial charge in [0.2, 0.25) is 0 Å². The van der Waals surface area contributed by atoms with Gasteiger partial charge in [0.15, 0.2) is 0 Å². The average Bonchev–Trinajstić information content (AvgIpc) is 2.27. The smallest absolute Gasteiger partial charge is 0.121 e. The van der Waals surface area contributed by atoms with Gasteiger partial charge in [0.1, 0.15) is 10.7 Å². The van der Waals surface area contributed by atoms with Crippen molar-refractivity contribution in [3.8, 4) is 17.3 Å². The van der Waals surface area contributed by atoms with Gasteiger partial charge in [-0.15, -0.1) is 0 Å². The van der Waals surface area contributed by atoms with Crippen LogP contribution >= 0.6 is 12.2 Å². The second-order valence-electron chi connectivity index (χ2n) is 4.10. The lowest BCUT2D eigenvalue weighted by Gasteiger charge is -2.05. The SMILES string of the molecule is Cc1cc(C)cc(-c2ccc(C#N)c(=S)[nH]2)c1. The first-order valence-electron chi connectivity index (χ1n) is 5.32. The van der Waals surface area contributed by atoms with E-state index in [0.717, 1.165) is 11.3 Å². The third kappa shape index (κ3) is 2.43. The Bertz CT molecular complexity index is 642. The number of aromatic amines is 1. The van der Waals surface area contributed by atoms with Crippen LogP contribution in [0.25, 0.3) is 11.3 Å². The average molecular weight is 240 g/mol. The van der Waals surface area contributed by atoms with E-state index < -0.39 is 0 Å². The van der Waals surface area contributed by atoms with Gasteiger partial charge in [-0.25, -0.2) is 0 Å². The summed E-state index contributed by atoms with van der Waals surface area (Å²) in [5.41, 5.74) is 4.97. The summed E-state index contributed by atoms with van der Waals surface area (Å²) >= 11 is 5.13. The largest absolute Gasteiger partial charge is 0.345 e. The molecule has 1 aromatic carbocycles. The second-order valence-corrected chi connectivity index (χ2v) is 4.51. The van der Waals surface area contributed by atoms with Crippen LogP contribution < -0.4 is 0 Å². The summed E-state index contributed by atoms with van der Waals surface area (Å²) in [4.78, 5) is 3.09. The molecule has 0 atom stereocenters. The van der Waals surface area contributed by atoms with E-state index in [1.165, 1.54) is 11.1 Å². The van der Waals surface area contributed by atoms with Gasteiger partial charge in [-0.2, -0.15) is 5.26 Å². The normalized spacial score (nSPS) is 9.94. The molecule has 0 amide bonds. The third-order valence-electron chi connectivity index (χ3n) is 2.56. The zero-order valence-corrected chi connectivity index (χ0v) is 10.6. The molecule has 0 fully saturated rings. The van der Waals surface area contributed by atoms with Crippen LogP contribution in [0.1, 0.15) is 16.7 Å². The van der Waals surface area contributed by atoms with Gasteiger partial charge in [0, 0.05) is 5.69 Å². The molecule has 0 radical (unpaired) electrons. The highest BCUT2D eigenvalue weighted by Gasteiger charge is 2.02. The number of nitrogens with zero attached hydrogens (tertiary/aromatic N) is 1. The Morgan fingerprint density at radius 2 is 1.76 bits per heavy atom. The van der Waals surface area contributed by atoms with E-state index in [9.17, 15) is 0 Å². The molecule has 0 bridgehead atoms. The summed E-state index contributed by atoms with van der Waals surface area (Å²) in [5.74, 6) is 0. The van der Waals surface area contributed by atoms with Crippen molar-refractivity contribution < 1.29 is 0 Å². The van der Waals surface area contributed by atoms with Crippen molar-refractivity contribution in [2.24, 2.45) is 0 Å². The molecule has 0 saturated heterocycles. The van der Waals surface area contributed by atoms with Crippen molar-refractivity contribution in [1.29, 1.82) is 5.26 Å². The molecule has 84 valence electrons. The Balaban J connectivity index is 2.58. The molecule has 3 heteroatoms. The van der Waals surface area contributed by atoms with Gasteiger partial charge in [-0.05, 0) is 43.7 Å². The number of benzene rings is 1. The maximum atomic E-state index is 8.83. The highest BCUT2D eigenvalue weighted by atomic mass is 32.1. The van der Waals surface area contributed by atoms with Gasteiger partial charge in [-0.1, -0.05) is 29.4 Å². The van der Waals surface area contributed by atoms with Crippen molar-refractivity contribution in [3.05, 3.63) is 51.7 Å². The van der Waals surface area contributed by atoms with Gasteiger partial charge >= 0.3 is 0 Å². The van der Waals surface area contributed by atoms with E-state index in [0.29, 0.717) is 10.2 Å². The van der Waals surface area contributed by atoms with Gasteiger partial charge in [0.05, 0.1) is 5.56 Å². The van der Waals surface area contributed by atoms with Crippen molar-refractivity contribution in [2.45, 2.75) is 13.8 Å². The maximum Gasteiger partial charge on any atom is 0.121 e. The molecule has 2 aromatic rings. The summed E-state index contributed by atoms with van der Waals surface area (Å²) in [6.45, 7) is 4.13. The minimum absolute atomic E-state index is 0.490. The van der Waals surface area contributed by atoms with E-state index in [4.69, 9.17) is 17.5 Å². The summed E-state index contributed by atoms with van der Waals surface area (Å²) in [6.07, 6.45) is 0. The highest BCUT2D eigenvalue weighted by Crippen LogP contribution is 2.20. The van der Waals surface area contributed by atoms with E-state index in [1.54, 1.807) is 6.07 Å². The molecule has 17 heavy (non-hydrogen) atoms. The number of hydrogen-bond donors (Lipinski definition) is 1. The summed E-state index contributed by atoms with van der Waals surface area (Å²) < 4.78 is 0.490. The Morgan fingerprint density at radius 1 is 1.12 bits per heavy atom. The Labute approximate surface area is 106 Å². The molecule has 0 aliphatic rings. The number of aryl methyl sites for hydroxylation is 2. The van der Waals surface area contributed by atoms with Crippen LogP contribution in [-0.4, -0.2) is 4.98 Å².